The van der Waals surface area contributed by atoms with E-state index < -0.39 is 5.97 Å². The molecule has 2 aliphatic rings. The number of rotatable bonds is 6. The summed E-state index contributed by atoms with van der Waals surface area (Å²) in [7, 11) is 0. The second kappa shape index (κ2) is 8.61. The van der Waals surface area contributed by atoms with E-state index in [1.807, 2.05) is 0 Å². The lowest BCUT2D eigenvalue weighted by Gasteiger charge is -2.58. The fraction of sp³-hybridized carbons (Fsp3) is 0.593. The van der Waals surface area contributed by atoms with Gasteiger partial charge in [-0.25, -0.2) is 4.79 Å². The van der Waals surface area contributed by atoms with E-state index in [0.717, 1.165) is 18.4 Å². The van der Waals surface area contributed by atoms with Gasteiger partial charge in [-0.1, -0.05) is 43.6 Å². The van der Waals surface area contributed by atoms with Gasteiger partial charge in [0.05, 0.1) is 5.56 Å². The minimum absolute atomic E-state index is 0.169. The molecule has 4 atom stereocenters. The molecule has 3 heteroatoms. The Morgan fingerprint density at radius 1 is 1.23 bits per heavy atom. The first-order valence-electron chi connectivity index (χ1n) is 11.4. The van der Waals surface area contributed by atoms with Crippen LogP contribution >= 0.6 is 0 Å². The minimum Gasteiger partial charge on any atom is -0.508 e. The number of phenols is 1. The van der Waals surface area contributed by atoms with E-state index >= 15 is 0 Å². The number of benzene rings is 1. The van der Waals surface area contributed by atoms with Crippen molar-refractivity contribution in [2.24, 2.45) is 22.7 Å². The van der Waals surface area contributed by atoms with Crippen molar-refractivity contribution in [1.29, 1.82) is 0 Å². The Labute approximate surface area is 181 Å². The second-order valence-electron chi connectivity index (χ2n) is 10.5. The molecule has 30 heavy (non-hydrogen) atoms. The number of carboxylic acids is 1. The monoisotopic (exact) mass is 410 g/mol. The molecule has 3 rings (SSSR count). The van der Waals surface area contributed by atoms with E-state index in [1.165, 1.54) is 49.0 Å². The van der Waals surface area contributed by atoms with Gasteiger partial charge >= 0.3 is 5.97 Å². The summed E-state index contributed by atoms with van der Waals surface area (Å²) in [5, 5.41) is 19.9. The first-order valence-corrected chi connectivity index (χ1v) is 11.4. The van der Waals surface area contributed by atoms with Crippen LogP contribution in [0.5, 0.6) is 5.75 Å². The van der Waals surface area contributed by atoms with Crippen molar-refractivity contribution in [2.75, 3.05) is 0 Å². The molecule has 0 heterocycles. The Morgan fingerprint density at radius 2 is 1.97 bits per heavy atom. The van der Waals surface area contributed by atoms with Gasteiger partial charge in [-0.3, -0.25) is 0 Å². The van der Waals surface area contributed by atoms with Crippen LogP contribution in [0.4, 0.5) is 0 Å². The van der Waals surface area contributed by atoms with Crippen LogP contribution in [-0.2, 0) is 6.42 Å². The van der Waals surface area contributed by atoms with Crippen molar-refractivity contribution in [2.45, 2.75) is 79.6 Å². The largest absolute Gasteiger partial charge is 0.508 e. The maximum atomic E-state index is 11.4. The zero-order valence-electron chi connectivity index (χ0n) is 19.3. The number of allylic oxidation sites excluding steroid dienone is 4. The van der Waals surface area contributed by atoms with E-state index in [-0.39, 0.29) is 16.7 Å². The summed E-state index contributed by atoms with van der Waals surface area (Å²) in [6, 6.07) is 4.68. The number of carboxylic acid groups (broad SMARTS) is 1. The van der Waals surface area contributed by atoms with Crippen molar-refractivity contribution in [3.8, 4) is 5.75 Å². The molecular formula is C27H38O3. The molecule has 2 N–H and O–H groups in total. The van der Waals surface area contributed by atoms with Gasteiger partial charge in [-0.05, 0) is 106 Å². The second-order valence-corrected chi connectivity index (χ2v) is 10.5. The highest BCUT2D eigenvalue weighted by Crippen LogP contribution is 2.61. The lowest BCUT2D eigenvalue weighted by Crippen LogP contribution is -2.50. The molecule has 0 amide bonds. The lowest BCUT2D eigenvalue weighted by molar-refractivity contribution is -0.0506. The van der Waals surface area contributed by atoms with Crippen LogP contribution in [0.15, 0.2) is 41.5 Å². The molecule has 0 radical (unpaired) electrons. The highest BCUT2D eigenvalue weighted by Gasteiger charge is 2.53. The van der Waals surface area contributed by atoms with Crippen LogP contribution in [-0.4, -0.2) is 16.2 Å². The Kier molecular flexibility index (Phi) is 6.50. The molecular weight excluding hydrogens is 372 g/mol. The number of hydrogen-bond donors (Lipinski definition) is 2. The van der Waals surface area contributed by atoms with Crippen molar-refractivity contribution in [3.63, 3.8) is 0 Å². The van der Waals surface area contributed by atoms with Crippen LogP contribution in [0.25, 0.3) is 0 Å². The number of carbonyl (C=O) groups is 1. The number of hydrogen-bond acceptors (Lipinski definition) is 2. The maximum absolute atomic E-state index is 11.4. The predicted octanol–water partition coefficient (Wildman–Crippen LogP) is 7.16. The van der Waals surface area contributed by atoms with Crippen molar-refractivity contribution in [1.82, 2.24) is 0 Å². The summed E-state index contributed by atoms with van der Waals surface area (Å²) in [6.45, 7) is 11.5. The van der Waals surface area contributed by atoms with Gasteiger partial charge in [0.15, 0.2) is 0 Å². The Balaban J connectivity index is 1.92. The highest BCUT2D eigenvalue weighted by atomic mass is 16.4. The normalized spacial score (nSPS) is 30.9. The standard InChI is InChI=1S/C27H38O3/c1-18(2)8-6-13-26(4)14-7-15-27(5)22(19(3)9-12-24(26)27)17-21-16-20(25(29)30)10-11-23(21)28/h8-11,16,22,24,28H,6-7,12-15,17H2,1-5H3,(H,29,30). The zero-order chi connectivity index (χ0) is 22.1. The number of aromatic hydroxyl groups is 1. The molecule has 0 spiro atoms. The molecule has 1 aromatic carbocycles. The smallest absolute Gasteiger partial charge is 0.335 e. The van der Waals surface area contributed by atoms with Crippen LogP contribution in [0.1, 0.15) is 89.1 Å². The molecule has 2 aliphatic carbocycles. The van der Waals surface area contributed by atoms with E-state index in [0.29, 0.717) is 23.7 Å². The van der Waals surface area contributed by atoms with Gasteiger partial charge in [0, 0.05) is 0 Å². The molecule has 3 nitrogen and oxygen atoms in total. The summed E-state index contributed by atoms with van der Waals surface area (Å²) in [6.07, 6.45) is 12.7. The van der Waals surface area contributed by atoms with E-state index in [9.17, 15) is 15.0 Å². The third kappa shape index (κ3) is 4.36. The average molecular weight is 411 g/mol. The van der Waals surface area contributed by atoms with Crippen LogP contribution < -0.4 is 0 Å². The van der Waals surface area contributed by atoms with Gasteiger partial charge in [-0.2, -0.15) is 0 Å². The fourth-order valence-corrected chi connectivity index (χ4v) is 6.44. The molecule has 0 bridgehead atoms. The zero-order valence-corrected chi connectivity index (χ0v) is 19.3. The van der Waals surface area contributed by atoms with Gasteiger partial charge in [-0.15, -0.1) is 0 Å². The number of fused-ring (bicyclic) bond motifs is 1. The Bertz CT molecular complexity index is 861. The van der Waals surface area contributed by atoms with Gasteiger partial charge in [0.2, 0.25) is 0 Å². The maximum Gasteiger partial charge on any atom is 0.335 e. The van der Waals surface area contributed by atoms with Crippen molar-refractivity contribution < 1.29 is 15.0 Å². The lowest BCUT2D eigenvalue weighted by atomic mass is 9.47. The molecule has 1 saturated carbocycles. The summed E-state index contributed by atoms with van der Waals surface area (Å²) >= 11 is 0. The molecule has 0 saturated heterocycles. The summed E-state index contributed by atoms with van der Waals surface area (Å²) in [4.78, 5) is 11.4. The third-order valence-corrected chi connectivity index (χ3v) is 8.14. The Hall–Kier alpha value is -2.03. The first-order chi connectivity index (χ1) is 14.1. The van der Waals surface area contributed by atoms with Gasteiger partial charge < -0.3 is 10.2 Å². The van der Waals surface area contributed by atoms with E-state index in [1.54, 1.807) is 6.07 Å². The summed E-state index contributed by atoms with van der Waals surface area (Å²) < 4.78 is 0. The first kappa shape index (κ1) is 22.7. The minimum atomic E-state index is -0.944. The Morgan fingerprint density at radius 3 is 2.63 bits per heavy atom. The molecule has 1 aromatic rings. The van der Waals surface area contributed by atoms with Gasteiger partial charge in [0.1, 0.15) is 5.75 Å². The van der Waals surface area contributed by atoms with Crippen LogP contribution in [0, 0.1) is 22.7 Å². The predicted molar refractivity (Wildman–Crippen MR) is 123 cm³/mol. The van der Waals surface area contributed by atoms with E-state index in [2.05, 4.69) is 46.8 Å². The summed E-state index contributed by atoms with van der Waals surface area (Å²) in [5.74, 6) is 0.207. The fourth-order valence-electron chi connectivity index (χ4n) is 6.44. The SMILES string of the molecule is CC(C)=CCCC1(C)CCCC2(C)C(Cc3cc(C(=O)O)ccc3O)C(C)=CCC12. The van der Waals surface area contributed by atoms with Crippen molar-refractivity contribution in [3.05, 3.63) is 52.6 Å². The summed E-state index contributed by atoms with van der Waals surface area (Å²) in [5.41, 5.74) is 4.27. The molecule has 0 aromatic heterocycles. The molecule has 4 unspecified atom stereocenters. The highest BCUT2D eigenvalue weighted by molar-refractivity contribution is 5.88. The van der Waals surface area contributed by atoms with E-state index in [4.69, 9.17) is 0 Å². The molecule has 1 fully saturated rings. The molecule has 0 aliphatic heterocycles. The quantitative estimate of drug-likeness (QED) is 0.489. The number of aromatic carboxylic acids is 1. The topological polar surface area (TPSA) is 57.5 Å². The van der Waals surface area contributed by atoms with Crippen LogP contribution in [0.3, 0.4) is 0 Å². The van der Waals surface area contributed by atoms with Gasteiger partial charge in [0.25, 0.3) is 0 Å². The number of phenolic OH excluding ortho intramolecular Hbond substituents is 1. The molecule has 164 valence electrons. The van der Waals surface area contributed by atoms with Crippen molar-refractivity contribution >= 4 is 5.97 Å². The van der Waals surface area contributed by atoms with Crippen LogP contribution in [0.2, 0.25) is 0 Å². The third-order valence-electron chi connectivity index (χ3n) is 8.14. The average Bonchev–Trinajstić information content (AvgIpc) is 2.65.